The molecule has 2 amide bonds. The van der Waals surface area contributed by atoms with Crippen LogP contribution in [0.25, 0.3) is 11.1 Å². The van der Waals surface area contributed by atoms with Crippen LogP contribution in [0.5, 0.6) is 0 Å². The number of ether oxygens (including phenoxy) is 2. The standard InChI is InChI=1S/C23H24N2O6/c26-21(24-10-15-9-14(12-30-15)22(27)28)11-25-23(29)31-13-20-18-7-3-1-5-16(18)17-6-2-4-8-19(17)20/h1-8,14-15,20H,9-13H2,(H,24,26)(H,25,29)(H,27,28)/t14-,15-/m1/s1. The van der Waals surface area contributed by atoms with E-state index in [0.717, 1.165) is 22.3 Å². The monoisotopic (exact) mass is 424 g/mol. The minimum Gasteiger partial charge on any atom is -0.481 e. The molecule has 0 unspecified atom stereocenters. The van der Waals surface area contributed by atoms with Crippen LogP contribution in [0.1, 0.15) is 23.5 Å². The van der Waals surface area contributed by atoms with Crippen LogP contribution in [0.4, 0.5) is 4.79 Å². The minimum absolute atomic E-state index is 0.0475. The van der Waals surface area contributed by atoms with Gasteiger partial charge in [0.25, 0.3) is 0 Å². The van der Waals surface area contributed by atoms with E-state index in [9.17, 15) is 14.4 Å². The van der Waals surface area contributed by atoms with Crippen molar-refractivity contribution in [2.75, 3.05) is 26.3 Å². The molecule has 3 N–H and O–H groups in total. The third kappa shape index (κ3) is 4.69. The van der Waals surface area contributed by atoms with Gasteiger partial charge >= 0.3 is 12.1 Å². The van der Waals surface area contributed by atoms with Gasteiger partial charge in [-0.05, 0) is 28.7 Å². The highest BCUT2D eigenvalue weighted by molar-refractivity contribution is 5.82. The molecular formula is C23H24N2O6. The number of carbonyl (C=O) groups is 3. The Morgan fingerprint density at radius 3 is 2.26 bits per heavy atom. The van der Waals surface area contributed by atoms with Gasteiger partial charge in [0.1, 0.15) is 6.61 Å². The van der Waals surface area contributed by atoms with E-state index in [2.05, 4.69) is 22.8 Å². The first-order valence-corrected chi connectivity index (χ1v) is 10.2. The van der Waals surface area contributed by atoms with Crippen LogP contribution < -0.4 is 10.6 Å². The zero-order valence-electron chi connectivity index (χ0n) is 16.9. The Morgan fingerprint density at radius 2 is 1.65 bits per heavy atom. The second kappa shape index (κ2) is 9.18. The molecule has 0 bridgehead atoms. The lowest BCUT2D eigenvalue weighted by Gasteiger charge is -2.15. The van der Waals surface area contributed by atoms with Crippen LogP contribution in [-0.4, -0.2) is 55.5 Å². The molecule has 0 saturated carbocycles. The first-order valence-electron chi connectivity index (χ1n) is 10.2. The predicted octanol–water partition coefficient (Wildman–Crippen LogP) is 2.13. The second-order valence-electron chi connectivity index (χ2n) is 7.71. The minimum atomic E-state index is -0.897. The van der Waals surface area contributed by atoms with Crippen LogP contribution in [0.15, 0.2) is 48.5 Å². The Kier molecular flexibility index (Phi) is 6.18. The summed E-state index contributed by atoms with van der Waals surface area (Å²) in [6.45, 7) is 0.294. The van der Waals surface area contributed by atoms with Crippen molar-refractivity contribution >= 4 is 18.0 Å². The molecular weight excluding hydrogens is 400 g/mol. The highest BCUT2D eigenvalue weighted by Crippen LogP contribution is 2.44. The number of fused-ring (bicyclic) bond motifs is 3. The van der Waals surface area contributed by atoms with Gasteiger partial charge in [0, 0.05) is 12.5 Å². The lowest BCUT2D eigenvalue weighted by Crippen LogP contribution is -2.40. The first kappa shape index (κ1) is 20.9. The van der Waals surface area contributed by atoms with E-state index >= 15 is 0 Å². The maximum atomic E-state index is 12.1. The Labute approximate surface area is 179 Å². The van der Waals surface area contributed by atoms with E-state index in [0.29, 0.717) is 6.42 Å². The summed E-state index contributed by atoms with van der Waals surface area (Å²) >= 11 is 0. The molecule has 2 atom stereocenters. The molecule has 0 aromatic heterocycles. The van der Waals surface area contributed by atoms with Gasteiger partial charge in [0.05, 0.1) is 25.2 Å². The Morgan fingerprint density at radius 1 is 1.00 bits per heavy atom. The van der Waals surface area contributed by atoms with Crippen molar-refractivity contribution in [2.45, 2.75) is 18.4 Å². The van der Waals surface area contributed by atoms with Crippen LogP contribution in [-0.2, 0) is 19.1 Å². The Bertz CT molecular complexity index is 946. The fraction of sp³-hybridized carbons (Fsp3) is 0.348. The highest BCUT2D eigenvalue weighted by Gasteiger charge is 2.31. The summed E-state index contributed by atoms with van der Waals surface area (Å²) in [5.74, 6) is -1.88. The maximum absolute atomic E-state index is 12.1. The molecule has 1 fully saturated rings. The summed E-state index contributed by atoms with van der Waals surface area (Å²) in [4.78, 5) is 35.0. The molecule has 1 aliphatic carbocycles. The van der Waals surface area contributed by atoms with Crippen LogP contribution in [0, 0.1) is 5.92 Å². The molecule has 1 aliphatic heterocycles. The SMILES string of the molecule is O=C(CNC(=O)OCC1c2ccccc2-c2ccccc21)NC[C@H]1C[C@@H](C(=O)O)CO1. The zero-order valence-corrected chi connectivity index (χ0v) is 16.9. The van der Waals surface area contributed by atoms with Crippen molar-refractivity contribution in [2.24, 2.45) is 5.92 Å². The lowest BCUT2D eigenvalue weighted by atomic mass is 9.98. The Hall–Kier alpha value is -3.39. The van der Waals surface area contributed by atoms with Gasteiger partial charge in [-0.25, -0.2) is 4.79 Å². The third-order valence-corrected chi connectivity index (χ3v) is 5.69. The molecule has 2 aromatic rings. The summed E-state index contributed by atoms with van der Waals surface area (Å²) < 4.78 is 10.7. The maximum Gasteiger partial charge on any atom is 0.407 e. The predicted molar refractivity (Wildman–Crippen MR) is 112 cm³/mol. The van der Waals surface area contributed by atoms with E-state index < -0.39 is 23.9 Å². The van der Waals surface area contributed by atoms with E-state index in [-0.39, 0.29) is 38.3 Å². The van der Waals surface area contributed by atoms with Crippen molar-refractivity contribution in [3.63, 3.8) is 0 Å². The van der Waals surface area contributed by atoms with Crippen molar-refractivity contribution in [3.05, 3.63) is 59.7 Å². The Balaban J connectivity index is 1.22. The average molecular weight is 424 g/mol. The van der Waals surface area contributed by atoms with E-state index in [1.54, 1.807) is 0 Å². The van der Waals surface area contributed by atoms with Crippen LogP contribution in [0.2, 0.25) is 0 Å². The van der Waals surface area contributed by atoms with E-state index in [4.69, 9.17) is 14.6 Å². The molecule has 1 saturated heterocycles. The fourth-order valence-corrected chi connectivity index (χ4v) is 4.11. The quantitative estimate of drug-likeness (QED) is 0.628. The molecule has 4 rings (SSSR count). The number of carboxylic acid groups (broad SMARTS) is 1. The lowest BCUT2D eigenvalue weighted by molar-refractivity contribution is -0.141. The number of aliphatic carboxylic acids is 1. The van der Waals surface area contributed by atoms with Crippen molar-refractivity contribution in [3.8, 4) is 11.1 Å². The zero-order chi connectivity index (χ0) is 21.8. The fourth-order valence-electron chi connectivity index (χ4n) is 4.11. The number of hydrogen-bond donors (Lipinski definition) is 3. The normalized spacial score (nSPS) is 19.4. The van der Waals surface area contributed by atoms with Crippen molar-refractivity contribution < 1.29 is 29.0 Å². The molecule has 31 heavy (non-hydrogen) atoms. The van der Waals surface area contributed by atoms with Gasteiger partial charge in [-0.2, -0.15) is 0 Å². The molecule has 8 nitrogen and oxygen atoms in total. The summed E-state index contributed by atoms with van der Waals surface area (Å²) in [5, 5.41) is 14.0. The van der Waals surface area contributed by atoms with Gasteiger partial charge in [-0.15, -0.1) is 0 Å². The largest absolute Gasteiger partial charge is 0.481 e. The van der Waals surface area contributed by atoms with E-state index in [1.807, 2.05) is 36.4 Å². The molecule has 0 radical (unpaired) electrons. The number of carboxylic acids is 1. The molecule has 2 aromatic carbocycles. The molecule has 2 aliphatic rings. The average Bonchev–Trinajstić information content (AvgIpc) is 3.38. The summed E-state index contributed by atoms with van der Waals surface area (Å²) in [7, 11) is 0. The smallest absolute Gasteiger partial charge is 0.407 e. The molecule has 162 valence electrons. The van der Waals surface area contributed by atoms with Crippen LogP contribution in [0.3, 0.4) is 0 Å². The number of hydrogen-bond acceptors (Lipinski definition) is 5. The molecule has 8 heteroatoms. The van der Waals surface area contributed by atoms with Crippen molar-refractivity contribution in [1.29, 1.82) is 0 Å². The van der Waals surface area contributed by atoms with E-state index in [1.165, 1.54) is 0 Å². The summed E-state index contributed by atoms with van der Waals surface area (Å²) in [5.41, 5.74) is 4.52. The van der Waals surface area contributed by atoms with Gasteiger partial charge < -0.3 is 25.2 Å². The number of alkyl carbamates (subject to hydrolysis) is 1. The topological polar surface area (TPSA) is 114 Å². The number of rotatable bonds is 7. The molecule has 1 heterocycles. The summed E-state index contributed by atoms with van der Waals surface area (Å²) in [6, 6.07) is 16.1. The third-order valence-electron chi connectivity index (χ3n) is 5.69. The van der Waals surface area contributed by atoms with Gasteiger partial charge in [0.2, 0.25) is 5.91 Å². The summed E-state index contributed by atoms with van der Waals surface area (Å²) in [6.07, 6.45) is -0.644. The number of benzene rings is 2. The number of nitrogens with one attached hydrogen (secondary N) is 2. The first-order chi connectivity index (χ1) is 15.0. The highest BCUT2D eigenvalue weighted by atomic mass is 16.5. The van der Waals surface area contributed by atoms with Crippen molar-refractivity contribution in [1.82, 2.24) is 10.6 Å². The van der Waals surface area contributed by atoms with Gasteiger partial charge in [-0.1, -0.05) is 48.5 Å². The van der Waals surface area contributed by atoms with Gasteiger partial charge in [-0.3, -0.25) is 9.59 Å². The molecule has 0 spiro atoms. The number of carbonyl (C=O) groups excluding carboxylic acids is 2. The second-order valence-corrected chi connectivity index (χ2v) is 7.71. The number of amides is 2. The van der Waals surface area contributed by atoms with Crippen LogP contribution >= 0.6 is 0 Å². The van der Waals surface area contributed by atoms with Gasteiger partial charge in [0.15, 0.2) is 0 Å².